The summed E-state index contributed by atoms with van der Waals surface area (Å²) in [6.07, 6.45) is 4.14. The van der Waals surface area contributed by atoms with E-state index >= 15 is 0 Å². The fourth-order valence-electron chi connectivity index (χ4n) is 3.00. The standard InChI is InChI=1S/C20H20N4O6S/c25-19(11-6-15-4-3-5-17(14-15)24(27)28)21-22-20(26)16-7-9-18(10-8-16)31(29,30)23-12-1-2-13-23/h3-11,14H,1-2,12-13H2,(H,21,25)(H,22,26). The van der Waals surface area contributed by atoms with Crippen LogP contribution >= 0.6 is 0 Å². The number of carbonyl (C=O) groups excluding carboxylic acids is 2. The van der Waals surface area contributed by atoms with Gasteiger partial charge in [0.1, 0.15) is 0 Å². The molecule has 162 valence electrons. The van der Waals surface area contributed by atoms with Gasteiger partial charge in [0.25, 0.3) is 17.5 Å². The Morgan fingerprint density at radius 3 is 2.35 bits per heavy atom. The lowest BCUT2D eigenvalue weighted by Gasteiger charge is -2.15. The number of nitrogens with one attached hydrogen (secondary N) is 2. The van der Waals surface area contributed by atoms with Crippen molar-refractivity contribution in [1.29, 1.82) is 0 Å². The molecule has 11 heteroatoms. The van der Waals surface area contributed by atoms with Crippen LogP contribution in [0.25, 0.3) is 6.08 Å². The number of carbonyl (C=O) groups is 2. The van der Waals surface area contributed by atoms with Gasteiger partial charge in [-0.15, -0.1) is 0 Å². The molecular weight excluding hydrogens is 424 g/mol. The van der Waals surface area contributed by atoms with Gasteiger partial charge in [-0.25, -0.2) is 8.42 Å². The molecular formula is C20H20N4O6S. The van der Waals surface area contributed by atoms with Crippen LogP contribution in [0.1, 0.15) is 28.8 Å². The Kier molecular flexibility index (Phi) is 6.78. The maximum absolute atomic E-state index is 12.5. The summed E-state index contributed by atoms with van der Waals surface area (Å²) in [6, 6.07) is 11.2. The topological polar surface area (TPSA) is 139 Å². The van der Waals surface area contributed by atoms with Crippen LogP contribution in [0.3, 0.4) is 0 Å². The normalized spacial score (nSPS) is 14.5. The van der Waals surface area contributed by atoms with E-state index in [0.29, 0.717) is 18.7 Å². The Balaban J connectivity index is 1.56. The lowest BCUT2D eigenvalue weighted by molar-refractivity contribution is -0.384. The average Bonchev–Trinajstić information content (AvgIpc) is 3.32. The van der Waals surface area contributed by atoms with Crippen molar-refractivity contribution >= 4 is 33.6 Å². The fraction of sp³-hybridized carbons (Fsp3) is 0.200. The molecule has 0 saturated carbocycles. The molecule has 1 fully saturated rings. The molecule has 1 saturated heterocycles. The number of rotatable bonds is 6. The van der Waals surface area contributed by atoms with E-state index in [1.54, 1.807) is 6.07 Å². The third kappa shape index (κ3) is 5.53. The molecule has 0 radical (unpaired) electrons. The van der Waals surface area contributed by atoms with Crippen molar-refractivity contribution in [2.75, 3.05) is 13.1 Å². The second-order valence-electron chi connectivity index (χ2n) is 6.76. The molecule has 1 aliphatic heterocycles. The van der Waals surface area contributed by atoms with Crippen LogP contribution in [0, 0.1) is 10.1 Å². The maximum Gasteiger partial charge on any atom is 0.270 e. The molecule has 2 aromatic rings. The number of sulfonamides is 1. The summed E-state index contributed by atoms with van der Waals surface area (Å²) in [4.78, 5) is 34.4. The smallest absolute Gasteiger partial charge is 0.268 e. The van der Waals surface area contributed by atoms with Crippen molar-refractivity contribution in [3.63, 3.8) is 0 Å². The van der Waals surface area contributed by atoms with Gasteiger partial charge in [0.15, 0.2) is 0 Å². The summed E-state index contributed by atoms with van der Waals surface area (Å²) in [5.41, 5.74) is 4.93. The highest BCUT2D eigenvalue weighted by Gasteiger charge is 2.27. The van der Waals surface area contributed by atoms with E-state index in [4.69, 9.17) is 0 Å². The van der Waals surface area contributed by atoms with E-state index in [9.17, 15) is 28.1 Å². The largest absolute Gasteiger partial charge is 0.270 e. The van der Waals surface area contributed by atoms with Gasteiger partial charge in [-0.05, 0) is 48.7 Å². The van der Waals surface area contributed by atoms with E-state index in [2.05, 4.69) is 10.9 Å². The number of hydrazine groups is 1. The molecule has 1 heterocycles. The van der Waals surface area contributed by atoms with E-state index in [-0.39, 0.29) is 16.1 Å². The first kappa shape index (κ1) is 22.1. The zero-order valence-corrected chi connectivity index (χ0v) is 17.2. The van der Waals surface area contributed by atoms with Crippen molar-refractivity contribution in [3.05, 3.63) is 75.8 Å². The quantitative estimate of drug-likeness (QED) is 0.396. The van der Waals surface area contributed by atoms with Crippen molar-refractivity contribution in [2.24, 2.45) is 0 Å². The minimum Gasteiger partial charge on any atom is -0.268 e. The number of nitrogens with zero attached hydrogens (tertiary/aromatic N) is 2. The molecule has 0 unspecified atom stereocenters. The lowest BCUT2D eigenvalue weighted by atomic mass is 10.2. The van der Waals surface area contributed by atoms with E-state index < -0.39 is 26.8 Å². The van der Waals surface area contributed by atoms with Crippen molar-refractivity contribution in [2.45, 2.75) is 17.7 Å². The summed E-state index contributed by atoms with van der Waals surface area (Å²) in [5.74, 6) is -1.27. The SMILES string of the molecule is O=C(C=Cc1cccc([N+](=O)[O-])c1)NNC(=O)c1ccc(S(=O)(=O)N2CCCC2)cc1. The molecule has 2 aromatic carbocycles. The van der Waals surface area contributed by atoms with Crippen LogP contribution in [-0.4, -0.2) is 42.6 Å². The lowest BCUT2D eigenvalue weighted by Crippen LogP contribution is -2.40. The van der Waals surface area contributed by atoms with Gasteiger partial charge in [0.05, 0.1) is 9.82 Å². The van der Waals surface area contributed by atoms with Gasteiger partial charge in [-0.3, -0.25) is 30.6 Å². The van der Waals surface area contributed by atoms with Crippen LogP contribution in [0.15, 0.2) is 59.5 Å². The van der Waals surface area contributed by atoms with Crippen molar-refractivity contribution in [1.82, 2.24) is 15.2 Å². The number of nitro groups is 1. The van der Waals surface area contributed by atoms with Gasteiger partial charge in [-0.1, -0.05) is 12.1 Å². The second kappa shape index (κ2) is 9.49. The Morgan fingerprint density at radius 2 is 1.71 bits per heavy atom. The van der Waals surface area contributed by atoms with Gasteiger partial charge in [-0.2, -0.15) is 4.31 Å². The minimum absolute atomic E-state index is 0.106. The summed E-state index contributed by atoms with van der Waals surface area (Å²) in [5, 5.41) is 10.8. The van der Waals surface area contributed by atoms with Gasteiger partial charge in [0, 0.05) is 36.9 Å². The van der Waals surface area contributed by atoms with Crippen molar-refractivity contribution in [3.8, 4) is 0 Å². The summed E-state index contributed by atoms with van der Waals surface area (Å²) in [7, 11) is -3.57. The molecule has 0 aromatic heterocycles. The molecule has 2 amide bonds. The Hall–Kier alpha value is -3.57. The highest BCUT2D eigenvalue weighted by Crippen LogP contribution is 2.21. The van der Waals surface area contributed by atoms with Crippen LogP contribution < -0.4 is 10.9 Å². The number of hydrogen-bond donors (Lipinski definition) is 2. The first-order chi connectivity index (χ1) is 14.8. The molecule has 0 spiro atoms. The summed E-state index contributed by atoms with van der Waals surface area (Å²) >= 11 is 0. The van der Waals surface area contributed by atoms with Gasteiger partial charge in [0.2, 0.25) is 10.0 Å². The zero-order chi connectivity index (χ0) is 22.4. The summed E-state index contributed by atoms with van der Waals surface area (Å²) in [6.45, 7) is 0.973. The molecule has 2 N–H and O–H groups in total. The Labute approximate surface area is 178 Å². The molecule has 0 atom stereocenters. The number of non-ortho nitro benzene ring substituents is 1. The van der Waals surface area contributed by atoms with Gasteiger partial charge < -0.3 is 0 Å². The van der Waals surface area contributed by atoms with Crippen molar-refractivity contribution < 1.29 is 22.9 Å². The number of amides is 2. The Bertz CT molecular complexity index is 1120. The second-order valence-corrected chi connectivity index (χ2v) is 8.70. The number of benzene rings is 2. The summed E-state index contributed by atoms with van der Waals surface area (Å²) < 4.78 is 26.4. The van der Waals surface area contributed by atoms with E-state index in [1.165, 1.54) is 52.8 Å². The predicted octanol–water partition coefficient (Wildman–Crippen LogP) is 1.85. The molecule has 10 nitrogen and oxygen atoms in total. The molecule has 31 heavy (non-hydrogen) atoms. The van der Waals surface area contributed by atoms with Crippen LogP contribution in [0.5, 0.6) is 0 Å². The highest BCUT2D eigenvalue weighted by atomic mass is 32.2. The fourth-order valence-corrected chi connectivity index (χ4v) is 4.52. The average molecular weight is 444 g/mol. The molecule has 1 aliphatic rings. The zero-order valence-electron chi connectivity index (χ0n) is 16.4. The molecule has 0 bridgehead atoms. The first-order valence-electron chi connectivity index (χ1n) is 9.40. The third-order valence-electron chi connectivity index (χ3n) is 4.63. The van der Waals surface area contributed by atoms with Crippen LogP contribution in [-0.2, 0) is 14.8 Å². The predicted molar refractivity (Wildman–Crippen MR) is 112 cm³/mol. The van der Waals surface area contributed by atoms with Gasteiger partial charge >= 0.3 is 0 Å². The Morgan fingerprint density at radius 1 is 1.03 bits per heavy atom. The van der Waals surface area contributed by atoms with Crippen LogP contribution in [0.2, 0.25) is 0 Å². The maximum atomic E-state index is 12.5. The van der Waals surface area contributed by atoms with E-state index in [1.807, 2.05) is 0 Å². The molecule has 0 aliphatic carbocycles. The highest BCUT2D eigenvalue weighted by molar-refractivity contribution is 7.89. The third-order valence-corrected chi connectivity index (χ3v) is 6.54. The van der Waals surface area contributed by atoms with Crippen LogP contribution in [0.4, 0.5) is 5.69 Å². The number of hydrogen-bond acceptors (Lipinski definition) is 6. The minimum atomic E-state index is -3.57. The number of nitro benzene ring substituents is 1. The van der Waals surface area contributed by atoms with E-state index in [0.717, 1.165) is 18.9 Å². The molecule has 3 rings (SSSR count). The first-order valence-corrected chi connectivity index (χ1v) is 10.8. The monoisotopic (exact) mass is 444 g/mol.